The molecule has 0 spiro atoms. The van der Waals surface area contributed by atoms with Gasteiger partial charge in [-0.05, 0) is 37.0 Å². The summed E-state index contributed by atoms with van der Waals surface area (Å²) in [7, 11) is 0. The number of alkyl halides is 3. The van der Waals surface area contributed by atoms with Crippen molar-refractivity contribution in [3.05, 3.63) is 51.6 Å². The number of hydrogen-bond donors (Lipinski definition) is 1. The molecule has 0 amide bonds. The van der Waals surface area contributed by atoms with E-state index < -0.39 is 23.8 Å². The molecule has 2 atom stereocenters. The van der Waals surface area contributed by atoms with E-state index in [2.05, 4.69) is 15.4 Å². The van der Waals surface area contributed by atoms with Crippen LogP contribution >= 0.6 is 0 Å². The molecule has 1 N–H and O–H groups in total. The van der Waals surface area contributed by atoms with E-state index in [0.29, 0.717) is 0 Å². The Bertz CT molecular complexity index is 881. The molecule has 6 nitrogen and oxygen atoms in total. The van der Waals surface area contributed by atoms with Gasteiger partial charge in [-0.2, -0.15) is 18.3 Å². The summed E-state index contributed by atoms with van der Waals surface area (Å²) in [5, 5.41) is 7.24. The molecule has 0 radical (unpaired) electrons. The number of pyridine rings is 1. The van der Waals surface area contributed by atoms with Crippen LogP contribution in [0.15, 0.2) is 29.2 Å². The quantitative estimate of drug-likeness (QED) is 0.902. The zero-order valence-corrected chi connectivity index (χ0v) is 13.8. The van der Waals surface area contributed by atoms with E-state index in [1.165, 1.54) is 16.9 Å². The molecule has 0 bridgehead atoms. The fraction of sp³-hybridized carbons (Fsp3) is 0.471. The van der Waals surface area contributed by atoms with Crippen molar-refractivity contribution in [1.82, 2.24) is 14.8 Å². The Morgan fingerprint density at radius 2 is 2.12 bits per heavy atom. The Morgan fingerprint density at radius 3 is 2.92 bits per heavy atom. The van der Waals surface area contributed by atoms with Crippen LogP contribution in [0.5, 0.6) is 0 Å². The highest BCUT2D eigenvalue weighted by Gasteiger charge is 2.37. The monoisotopic (exact) mass is 366 g/mol. The summed E-state index contributed by atoms with van der Waals surface area (Å²) in [6.45, 7) is 0.376. The summed E-state index contributed by atoms with van der Waals surface area (Å²) in [6, 6.07) is 2.77. The molecule has 4 rings (SSSR count). The third kappa shape index (κ3) is 3.07. The van der Waals surface area contributed by atoms with Gasteiger partial charge in [-0.25, -0.2) is 9.67 Å². The number of nitrogens with one attached hydrogen (secondary N) is 1. The second-order valence-corrected chi connectivity index (χ2v) is 6.51. The topological polar surface area (TPSA) is 69.0 Å². The van der Waals surface area contributed by atoms with Crippen LogP contribution in [0.1, 0.15) is 29.3 Å². The SMILES string of the molecule is O=c1cc2c(nn1C1COCC1Nc1ncccc1C(F)(F)F)CCC2. The van der Waals surface area contributed by atoms with Crippen LogP contribution in [0.2, 0.25) is 0 Å². The highest BCUT2D eigenvalue weighted by atomic mass is 19.4. The van der Waals surface area contributed by atoms with Crippen LogP contribution in [0.25, 0.3) is 0 Å². The highest BCUT2D eigenvalue weighted by Crippen LogP contribution is 2.34. The first-order chi connectivity index (χ1) is 12.4. The third-order valence-electron chi connectivity index (χ3n) is 4.78. The number of hydrogen-bond acceptors (Lipinski definition) is 5. The van der Waals surface area contributed by atoms with Crippen molar-refractivity contribution >= 4 is 5.82 Å². The maximum Gasteiger partial charge on any atom is 0.419 e. The van der Waals surface area contributed by atoms with Gasteiger partial charge in [-0.1, -0.05) is 0 Å². The van der Waals surface area contributed by atoms with Gasteiger partial charge >= 0.3 is 6.18 Å². The molecule has 1 saturated heterocycles. The molecule has 2 unspecified atom stereocenters. The Labute approximate surface area is 147 Å². The second kappa shape index (κ2) is 6.39. The first-order valence-electron chi connectivity index (χ1n) is 8.41. The van der Waals surface area contributed by atoms with Crippen molar-refractivity contribution in [1.29, 1.82) is 0 Å². The Kier molecular flexibility index (Phi) is 4.18. The van der Waals surface area contributed by atoms with Crippen molar-refractivity contribution in [2.75, 3.05) is 18.5 Å². The van der Waals surface area contributed by atoms with Crippen molar-refractivity contribution in [2.24, 2.45) is 0 Å². The van der Waals surface area contributed by atoms with Crippen LogP contribution in [-0.4, -0.2) is 34.0 Å². The standard InChI is InChI=1S/C17H17F3N4O2/c18-17(19,20)11-4-2-6-21-16(11)22-13-8-26-9-14(13)24-15(25)7-10-3-1-5-12(10)23-24/h2,4,6-7,13-14H,1,3,5,8-9H2,(H,21,22). The van der Waals surface area contributed by atoms with Crippen LogP contribution in [-0.2, 0) is 23.8 Å². The number of fused-ring (bicyclic) bond motifs is 1. The highest BCUT2D eigenvalue weighted by molar-refractivity contribution is 5.46. The normalized spacial score (nSPS) is 22.4. The molecule has 2 aliphatic rings. The number of aryl methyl sites for hydroxylation is 2. The third-order valence-corrected chi connectivity index (χ3v) is 4.78. The fourth-order valence-corrected chi connectivity index (χ4v) is 3.50. The van der Waals surface area contributed by atoms with Gasteiger partial charge < -0.3 is 10.1 Å². The van der Waals surface area contributed by atoms with Gasteiger partial charge in [-0.15, -0.1) is 0 Å². The molecule has 138 valence electrons. The van der Waals surface area contributed by atoms with Gasteiger partial charge in [-0.3, -0.25) is 4.79 Å². The summed E-state index contributed by atoms with van der Waals surface area (Å²) < 4.78 is 46.3. The molecule has 9 heteroatoms. The maximum atomic E-state index is 13.2. The molecular weight excluding hydrogens is 349 g/mol. The Balaban J connectivity index is 1.64. The van der Waals surface area contributed by atoms with Gasteiger partial charge in [0.15, 0.2) is 0 Å². The molecule has 1 aliphatic carbocycles. The lowest BCUT2D eigenvalue weighted by atomic mass is 10.1. The van der Waals surface area contributed by atoms with Gasteiger partial charge in [0.1, 0.15) is 11.9 Å². The number of aromatic nitrogens is 3. The Hall–Kier alpha value is -2.42. The van der Waals surface area contributed by atoms with Gasteiger partial charge in [0, 0.05) is 12.3 Å². The van der Waals surface area contributed by atoms with Crippen LogP contribution in [0, 0.1) is 0 Å². The molecule has 1 aliphatic heterocycles. The molecule has 2 aromatic heterocycles. The van der Waals surface area contributed by atoms with Crippen molar-refractivity contribution in [3.8, 4) is 0 Å². The first-order valence-corrected chi connectivity index (χ1v) is 8.41. The lowest BCUT2D eigenvalue weighted by Gasteiger charge is -2.23. The average Bonchev–Trinajstić information content (AvgIpc) is 3.22. The second-order valence-electron chi connectivity index (χ2n) is 6.51. The minimum Gasteiger partial charge on any atom is -0.377 e. The molecule has 0 saturated carbocycles. The molecule has 2 aromatic rings. The van der Waals surface area contributed by atoms with Crippen LogP contribution in [0.3, 0.4) is 0 Å². The number of anilines is 1. The zero-order valence-electron chi connectivity index (χ0n) is 13.8. The van der Waals surface area contributed by atoms with E-state index in [1.807, 2.05) is 0 Å². The number of rotatable bonds is 3. The molecule has 1 fully saturated rings. The molecule has 0 aromatic carbocycles. The molecule has 3 heterocycles. The lowest BCUT2D eigenvalue weighted by Crippen LogP contribution is -2.38. The Morgan fingerprint density at radius 1 is 1.27 bits per heavy atom. The predicted octanol–water partition coefficient (Wildman–Crippen LogP) is 2.20. The number of nitrogens with zero attached hydrogens (tertiary/aromatic N) is 3. The molecule has 26 heavy (non-hydrogen) atoms. The smallest absolute Gasteiger partial charge is 0.377 e. The van der Waals surface area contributed by atoms with Crippen LogP contribution < -0.4 is 10.9 Å². The first kappa shape index (κ1) is 17.0. The number of ether oxygens (including phenoxy) is 1. The fourth-order valence-electron chi connectivity index (χ4n) is 3.50. The minimum absolute atomic E-state index is 0.170. The average molecular weight is 366 g/mol. The lowest BCUT2D eigenvalue weighted by molar-refractivity contribution is -0.137. The van der Waals surface area contributed by atoms with E-state index >= 15 is 0 Å². The van der Waals surface area contributed by atoms with E-state index in [1.54, 1.807) is 6.07 Å². The van der Waals surface area contributed by atoms with Crippen LogP contribution in [0.4, 0.5) is 19.0 Å². The van der Waals surface area contributed by atoms with Crippen molar-refractivity contribution < 1.29 is 17.9 Å². The summed E-state index contributed by atoms with van der Waals surface area (Å²) in [6.07, 6.45) is -0.627. The van der Waals surface area contributed by atoms with Gasteiger partial charge in [0.2, 0.25) is 0 Å². The summed E-state index contributed by atoms with van der Waals surface area (Å²) in [5.74, 6) is -0.269. The van der Waals surface area contributed by atoms with E-state index in [-0.39, 0.29) is 24.6 Å². The summed E-state index contributed by atoms with van der Waals surface area (Å²) >= 11 is 0. The molecular formula is C17H17F3N4O2. The van der Waals surface area contributed by atoms with E-state index in [4.69, 9.17) is 4.74 Å². The summed E-state index contributed by atoms with van der Waals surface area (Å²) in [4.78, 5) is 16.2. The van der Waals surface area contributed by atoms with Crippen molar-refractivity contribution in [2.45, 2.75) is 37.5 Å². The predicted molar refractivity (Wildman–Crippen MR) is 87.0 cm³/mol. The minimum atomic E-state index is -4.52. The zero-order chi connectivity index (χ0) is 18.3. The van der Waals surface area contributed by atoms with E-state index in [9.17, 15) is 18.0 Å². The van der Waals surface area contributed by atoms with Gasteiger partial charge in [0.05, 0.1) is 30.5 Å². The van der Waals surface area contributed by atoms with E-state index in [0.717, 1.165) is 36.6 Å². The van der Waals surface area contributed by atoms with Gasteiger partial charge in [0.25, 0.3) is 5.56 Å². The maximum absolute atomic E-state index is 13.2. The summed E-state index contributed by atoms with van der Waals surface area (Å²) in [5.41, 5.74) is 0.729. The van der Waals surface area contributed by atoms with Crippen molar-refractivity contribution in [3.63, 3.8) is 0 Å². The largest absolute Gasteiger partial charge is 0.419 e. The number of halogens is 3.